The zero-order chi connectivity index (χ0) is 18.8. The average Bonchev–Trinajstić information content (AvgIpc) is 2.70. The van der Waals surface area contributed by atoms with Crippen LogP contribution in [0.3, 0.4) is 0 Å². The summed E-state index contributed by atoms with van der Waals surface area (Å²) in [5.41, 5.74) is 14.4. The van der Waals surface area contributed by atoms with E-state index in [4.69, 9.17) is 11.5 Å². The van der Waals surface area contributed by atoms with Crippen molar-refractivity contribution < 1.29 is 4.79 Å². The topological polar surface area (TPSA) is 78.8 Å². The zero-order valence-corrected chi connectivity index (χ0v) is 16.5. The van der Waals surface area contributed by atoms with E-state index in [0.29, 0.717) is 13.1 Å². The minimum atomic E-state index is -0.0593. The first-order valence-electron chi connectivity index (χ1n) is 9.81. The molecule has 0 spiro atoms. The highest BCUT2D eigenvalue weighted by molar-refractivity contribution is 7.99. The monoisotopic (exact) mass is 387 g/mol. The quantitative estimate of drug-likeness (QED) is 0.806. The normalized spacial score (nSPS) is 26.1. The van der Waals surface area contributed by atoms with E-state index in [0.717, 1.165) is 60.9 Å². The molecule has 2 fully saturated rings. The Bertz CT molecular complexity index is 724. The summed E-state index contributed by atoms with van der Waals surface area (Å²) in [5, 5.41) is 0. The van der Waals surface area contributed by atoms with Crippen LogP contribution in [0.1, 0.15) is 24.0 Å². The highest BCUT2D eigenvalue weighted by atomic mass is 32.2. The molecule has 4 N–H and O–H groups in total. The molecule has 3 heterocycles. The molecule has 3 aliphatic rings. The smallest absolute Gasteiger partial charge is 0.251 e. The van der Waals surface area contributed by atoms with E-state index in [1.165, 1.54) is 0 Å². The first-order valence-corrected chi connectivity index (χ1v) is 11.0. The maximum atomic E-state index is 13.4. The molecular formula is C20H29N5OS. The van der Waals surface area contributed by atoms with Gasteiger partial charge in [0.1, 0.15) is 11.9 Å². The molecule has 0 saturated carbocycles. The molecule has 27 heavy (non-hydrogen) atoms. The average molecular weight is 388 g/mol. The van der Waals surface area contributed by atoms with Crippen LogP contribution in [0.25, 0.3) is 0 Å². The molecule has 0 aliphatic carbocycles. The number of benzene rings is 1. The molecule has 1 aromatic carbocycles. The predicted octanol–water partition coefficient (Wildman–Crippen LogP) is 1.13. The molecule has 1 amide bonds. The Morgan fingerprint density at radius 1 is 1.19 bits per heavy atom. The minimum Gasteiger partial charge on any atom is -0.361 e. The van der Waals surface area contributed by atoms with Crippen LogP contribution in [-0.4, -0.2) is 63.8 Å². The molecule has 2 unspecified atom stereocenters. The third kappa shape index (κ3) is 3.81. The summed E-state index contributed by atoms with van der Waals surface area (Å²) < 4.78 is 0. The summed E-state index contributed by atoms with van der Waals surface area (Å²) in [7, 11) is 0. The fourth-order valence-electron chi connectivity index (χ4n) is 4.21. The molecular weight excluding hydrogens is 358 g/mol. The van der Waals surface area contributed by atoms with E-state index in [-0.39, 0.29) is 18.0 Å². The van der Waals surface area contributed by atoms with Crippen molar-refractivity contribution in [2.45, 2.75) is 38.0 Å². The molecule has 7 heteroatoms. The van der Waals surface area contributed by atoms with Crippen molar-refractivity contribution in [3.8, 4) is 0 Å². The largest absolute Gasteiger partial charge is 0.361 e. The number of hydrogen-bond donors (Lipinski definition) is 2. The van der Waals surface area contributed by atoms with Crippen molar-refractivity contribution in [3.05, 3.63) is 47.4 Å². The molecule has 0 bridgehead atoms. The molecule has 0 radical (unpaired) electrons. The Morgan fingerprint density at radius 2 is 2.00 bits per heavy atom. The number of rotatable bonds is 4. The van der Waals surface area contributed by atoms with Gasteiger partial charge in [0.25, 0.3) is 5.91 Å². The van der Waals surface area contributed by atoms with Crippen LogP contribution in [0.4, 0.5) is 0 Å². The Balaban J connectivity index is 1.67. The number of carbonyl (C=O) groups excluding carboxylic acids is 1. The molecule has 2 saturated heterocycles. The van der Waals surface area contributed by atoms with Crippen LogP contribution in [0.15, 0.2) is 36.3 Å². The van der Waals surface area contributed by atoms with Crippen LogP contribution in [0, 0.1) is 0 Å². The lowest BCUT2D eigenvalue weighted by atomic mass is 10.0. The van der Waals surface area contributed by atoms with Crippen LogP contribution in [-0.2, 0) is 17.9 Å². The van der Waals surface area contributed by atoms with Gasteiger partial charge in [0.05, 0.1) is 6.54 Å². The molecule has 1 aromatic rings. The van der Waals surface area contributed by atoms with Crippen molar-refractivity contribution in [1.82, 2.24) is 14.7 Å². The zero-order valence-electron chi connectivity index (χ0n) is 15.7. The van der Waals surface area contributed by atoms with Gasteiger partial charge in [-0.1, -0.05) is 24.3 Å². The summed E-state index contributed by atoms with van der Waals surface area (Å²) in [5.74, 6) is 3.14. The third-order valence-electron chi connectivity index (χ3n) is 5.73. The number of nitrogens with zero attached hydrogens (tertiary/aromatic N) is 3. The van der Waals surface area contributed by atoms with Crippen molar-refractivity contribution in [2.75, 3.05) is 31.1 Å². The highest BCUT2D eigenvalue weighted by Gasteiger charge is 2.39. The Labute approximate surface area is 165 Å². The van der Waals surface area contributed by atoms with E-state index < -0.39 is 0 Å². The van der Waals surface area contributed by atoms with Crippen LogP contribution < -0.4 is 11.5 Å². The van der Waals surface area contributed by atoms with Gasteiger partial charge in [-0.05, 0) is 24.0 Å². The Kier molecular flexibility index (Phi) is 5.61. The van der Waals surface area contributed by atoms with Crippen LogP contribution in [0.2, 0.25) is 0 Å². The van der Waals surface area contributed by atoms with Gasteiger partial charge in [-0.15, -0.1) is 0 Å². The van der Waals surface area contributed by atoms with Gasteiger partial charge < -0.3 is 21.3 Å². The highest BCUT2D eigenvalue weighted by Crippen LogP contribution is 2.30. The fourth-order valence-corrected chi connectivity index (χ4v) is 5.27. The Morgan fingerprint density at radius 3 is 2.78 bits per heavy atom. The summed E-state index contributed by atoms with van der Waals surface area (Å²) in [6.45, 7) is 3.74. The number of piperidine rings is 1. The number of fused-ring (bicyclic) bond motifs is 1. The minimum absolute atomic E-state index is 0.0593. The van der Waals surface area contributed by atoms with E-state index in [1.54, 1.807) is 0 Å². The lowest BCUT2D eigenvalue weighted by Gasteiger charge is -2.47. The molecule has 3 aliphatic heterocycles. The standard InChI is InChI=1S/C20H29N5OS/c21-10-15-4-1-2-5-16(15)11-25-19(24-7-3-6-17(22)12-24)13-23-8-9-27-14-18(23)20(25)26/h1-2,4-5,13,17-18H,3,6-12,14,21-22H2. The summed E-state index contributed by atoms with van der Waals surface area (Å²) in [6.07, 6.45) is 4.32. The molecule has 6 nitrogen and oxygen atoms in total. The van der Waals surface area contributed by atoms with Crippen LogP contribution >= 0.6 is 11.8 Å². The van der Waals surface area contributed by atoms with Gasteiger partial charge in [-0.2, -0.15) is 11.8 Å². The van der Waals surface area contributed by atoms with E-state index in [1.807, 2.05) is 34.9 Å². The van der Waals surface area contributed by atoms with Crippen molar-refractivity contribution in [2.24, 2.45) is 11.5 Å². The first kappa shape index (κ1) is 18.7. The Hall–Kier alpha value is -1.70. The van der Waals surface area contributed by atoms with Gasteiger partial charge in [0.2, 0.25) is 0 Å². The van der Waals surface area contributed by atoms with Crippen molar-refractivity contribution >= 4 is 17.7 Å². The molecule has 4 rings (SSSR count). The maximum Gasteiger partial charge on any atom is 0.251 e. The van der Waals surface area contributed by atoms with Gasteiger partial charge in [0.15, 0.2) is 0 Å². The number of thioether (sulfide) groups is 1. The first-order chi connectivity index (χ1) is 13.2. The summed E-state index contributed by atoms with van der Waals surface area (Å²) in [6, 6.07) is 8.26. The van der Waals surface area contributed by atoms with Gasteiger partial charge >= 0.3 is 0 Å². The summed E-state index contributed by atoms with van der Waals surface area (Å²) in [4.78, 5) is 19.9. The van der Waals surface area contributed by atoms with E-state index in [2.05, 4.69) is 22.1 Å². The van der Waals surface area contributed by atoms with E-state index >= 15 is 0 Å². The van der Waals surface area contributed by atoms with Crippen molar-refractivity contribution in [3.63, 3.8) is 0 Å². The lowest BCUT2D eigenvalue weighted by Crippen LogP contribution is -2.58. The second kappa shape index (κ2) is 8.12. The second-order valence-corrected chi connectivity index (χ2v) is 8.71. The van der Waals surface area contributed by atoms with Gasteiger partial charge in [-0.3, -0.25) is 9.69 Å². The second-order valence-electron chi connectivity index (χ2n) is 7.56. The summed E-state index contributed by atoms with van der Waals surface area (Å²) >= 11 is 1.87. The third-order valence-corrected chi connectivity index (χ3v) is 6.75. The van der Waals surface area contributed by atoms with E-state index in [9.17, 15) is 4.79 Å². The number of carbonyl (C=O) groups is 1. The van der Waals surface area contributed by atoms with Gasteiger partial charge in [0, 0.05) is 49.9 Å². The number of nitrogens with two attached hydrogens (primary N) is 2. The number of likely N-dealkylation sites (tertiary alicyclic amines) is 1. The lowest BCUT2D eigenvalue weighted by molar-refractivity contribution is -0.137. The SMILES string of the molecule is NCc1ccccc1CN1C(=O)C2CSCCN2C=C1N1CCCC(N)C1. The predicted molar refractivity (Wildman–Crippen MR) is 110 cm³/mol. The fraction of sp³-hybridized carbons (Fsp3) is 0.550. The maximum absolute atomic E-state index is 13.4. The van der Waals surface area contributed by atoms with Crippen molar-refractivity contribution in [1.29, 1.82) is 0 Å². The molecule has 0 aromatic heterocycles. The van der Waals surface area contributed by atoms with Crippen LogP contribution in [0.5, 0.6) is 0 Å². The number of amides is 1. The molecule has 146 valence electrons. The molecule has 2 atom stereocenters. The number of hydrogen-bond acceptors (Lipinski definition) is 6. The van der Waals surface area contributed by atoms with Gasteiger partial charge in [-0.25, -0.2) is 0 Å².